The fourth-order valence-electron chi connectivity index (χ4n) is 5.53. The Labute approximate surface area is 247 Å². The molecule has 1 amide bonds. The van der Waals surface area contributed by atoms with Gasteiger partial charge in [-0.3, -0.25) is 9.78 Å². The number of anilines is 1. The summed E-state index contributed by atoms with van der Waals surface area (Å²) >= 11 is 6.77. The zero-order valence-corrected chi connectivity index (χ0v) is 24.5. The minimum atomic E-state index is -0.622. The predicted octanol–water partition coefficient (Wildman–Crippen LogP) is 5.45. The Morgan fingerprint density at radius 3 is 2.57 bits per heavy atom. The van der Waals surface area contributed by atoms with E-state index in [1.165, 1.54) is 0 Å². The molecular formula is C30H30ClN9O2. The van der Waals surface area contributed by atoms with Gasteiger partial charge in [0.2, 0.25) is 5.95 Å². The smallest absolute Gasteiger partial charge is 0.408 e. The van der Waals surface area contributed by atoms with E-state index in [1.54, 1.807) is 4.68 Å². The molecule has 0 unspecified atom stereocenters. The molecule has 6 rings (SSSR count). The summed E-state index contributed by atoms with van der Waals surface area (Å²) in [7, 11) is 1.84. The predicted molar refractivity (Wildman–Crippen MR) is 160 cm³/mol. The van der Waals surface area contributed by atoms with E-state index < -0.39 is 17.2 Å². The number of rotatable bonds is 4. The number of halogens is 1. The van der Waals surface area contributed by atoms with Gasteiger partial charge in [-0.2, -0.15) is 20.4 Å². The van der Waals surface area contributed by atoms with Crippen LogP contribution in [0.25, 0.3) is 33.2 Å². The number of fused-ring (bicyclic) bond motifs is 2. The van der Waals surface area contributed by atoms with E-state index in [-0.39, 0.29) is 5.69 Å². The van der Waals surface area contributed by atoms with Crippen molar-refractivity contribution in [1.82, 2.24) is 35.3 Å². The van der Waals surface area contributed by atoms with Gasteiger partial charge in [0.05, 0.1) is 27.2 Å². The van der Waals surface area contributed by atoms with Crippen molar-refractivity contribution < 1.29 is 9.53 Å². The minimum absolute atomic E-state index is 0.202. The number of hydrogen-bond donors (Lipinski definition) is 2. The number of H-pyrrole nitrogens is 1. The molecule has 214 valence electrons. The number of benzene rings is 2. The third kappa shape index (κ3) is 4.99. The highest BCUT2D eigenvalue weighted by molar-refractivity contribution is 6.38. The van der Waals surface area contributed by atoms with Crippen LogP contribution in [0.4, 0.5) is 10.7 Å². The van der Waals surface area contributed by atoms with Gasteiger partial charge in [-0.1, -0.05) is 41.9 Å². The molecule has 0 radical (unpaired) electrons. The van der Waals surface area contributed by atoms with E-state index in [1.807, 2.05) is 81.4 Å². The van der Waals surface area contributed by atoms with Crippen LogP contribution in [0.1, 0.15) is 44.9 Å². The zero-order valence-electron chi connectivity index (χ0n) is 23.8. The van der Waals surface area contributed by atoms with Crippen LogP contribution in [-0.4, -0.2) is 54.7 Å². The van der Waals surface area contributed by atoms with Crippen LogP contribution >= 0.6 is 11.6 Å². The van der Waals surface area contributed by atoms with E-state index >= 15 is 0 Å². The Morgan fingerprint density at radius 2 is 1.88 bits per heavy atom. The number of ether oxygens (including phenoxy) is 1. The molecule has 5 aromatic rings. The standard InChI is InChI=1S/C30H30ClN9O2/c1-29(2,3)42-28(41)35-30(18-8-6-5-7-9-18)12-14-40(15-13-30)27-33-22(16-32)23-25(36-37-26(23)34-27)19-10-11-21-20(24(19)31)17-39(4)38-21/h5-11,17H,12-15H2,1-4H3,(H,35,41)(H,33,34,36,37). The summed E-state index contributed by atoms with van der Waals surface area (Å²) < 4.78 is 7.30. The molecule has 1 saturated heterocycles. The monoisotopic (exact) mass is 583 g/mol. The number of piperidine rings is 1. The van der Waals surface area contributed by atoms with E-state index in [9.17, 15) is 10.1 Å². The maximum Gasteiger partial charge on any atom is 0.408 e. The molecule has 0 spiro atoms. The first kappa shape index (κ1) is 27.5. The first-order chi connectivity index (χ1) is 20.1. The summed E-state index contributed by atoms with van der Waals surface area (Å²) in [5.74, 6) is 0.407. The molecule has 1 fully saturated rings. The number of aromatic amines is 1. The Bertz CT molecular complexity index is 1840. The lowest BCUT2D eigenvalue weighted by molar-refractivity contribution is 0.0431. The Morgan fingerprint density at radius 1 is 1.14 bits per heavy atom. The van der Waals surface area contributed by atoms with Gasteiger partial charge in [-0.05, 0) is 51.3 Å². The van der Waals surface area contributed by atoms with Crippen molar-refractivity contribution in [3.05, 3.63) is 64.9 Å². The molecule has 1 aliphatic heterocycles. The Kier molecular flexibility index (Phi) is 6.74. The Balaban J connectivity index is 1.31. The number of alkyl carbamates (subject to hydrolysis) is 1. The van der Waals surface area contributed by atoms with Crippen molar-refractivity contribution in [2.75, 3.05) is 18.0 Å². The van der Waals surface area contributed by atoms with Gasteiger partial charge in [0, 0.05) is 37.3 Å². The van der Waals surface area contributed by atoms with Gasteiger partial charge < -0.3 is 15.0 Å². The highest BCUT2D eigenvalue weighted by Gasteiger charge is 2.39. The number of aromatic nitrogens is 6. The lowest BCUT2D eigenvalue weighted by Gasteiger charge is -2.42. The van der Waals surface area contributed by atoms with Crippen LogP contribution in [-0.2, 0) is 17.3 Å². The summed E-state index contributed by atoms with van der Waals surface area (Å²) in [4.78, 5) is 24.3. The molecule has 0 aliphatic carbocycles. The van der Waals surface area contributed by atoms with Gasteiger partial charge in [-0.15, -0.1) is 0 Å². The van der Waals surface area contributed by atoms with E-state index in [4.69, 9.17) is 21.3 Å². The number of nitrogens with one attached hydrogen (secondary N) is 2. The van der Waals surface area contributed by atoms with Crippen LogP contribution in [0.5, 0.6) is 0 Å². The summed E-state index contributed by atoms with van der Waals surface area (Å²) in [5.41, 5.74) is 2.38. The molecule has 42 heavy (non-hydrogen) atoms. The molecule has 0 saturated carbocycles. The fraction of sp³-hybridized carbons (Fsp3) is 0.333. The lowest BCUT2D eigenvalue weighted by Crippen LogP contribution is -2.54. The second-order valence-electron chi connectivity index (χ2n) is 11.5. The van der Waals surface area contributed by atoms with Crippen molar-refractivity contribution in [3.63, 3.8) is 0 Å². The summed E-state index contributed by atoms with van der Waals surface area (Å²) in [6.45, 7) is 6.62. The maximum atomic E-state index is 12.9. The Hall–Kier alpha value is -4.69. The van der Waals surface area contributed by atoms with Crippen molar-refractivity contribution in [2.24, 2.45) is 7.05 Å². The van der Waals surface area contributed by atoms with Crippen LogP contribution in [0.15, 0.2) is 48.7 Å². The molecule has 0 atom stereocenters. The minimum Gasteiger partial charge on any atom is -0.444 e. The largest absolute Gasteiger partial charge is 0.444 e. The molecule has 11 nitrogen and oxygen atoms in total. The van der Waals surface area contributed by atoms with E-state index in [0.29, 0.717) is 59.2 Å². The number of carbonyl (C=O) groups excluding carboxylic acids is 1. The molecule has 3 aromatic heterocycles. The second-order valence-corrected chi connectivity index (χ2v) is 11.9. The van der Waals surface area contributed by atoms with Crippen LogP contribution in [0, 0.1) is 11.3 Å². The molecular weight excluding hydrogens is 554 g/mol. The summed E-state index contributed by atoms with van der Waals surface area (Å²) in [6, 6.07) is 15.9. The van der Waals surface area contributed by atoms with Gasteiger partial charge in [0.25, 0.3) is 0 Å². The van der Waals surface area contributed by atoms with E-state index in [2.05, 4.69) is 31.7 Å². The number of nitrogens with zero attached hydrogens (tertiary/aromatic N) is 7. The molecule has 4 heterocycles. The molecule has 12 heteroatoms. The average Bonchev–Trinajstić information content (AvgIpc) is 3.56. The normalized spacial score (nSPS) is 15.1. The SMILES string of the molecule is Cn1cc2c(Cl)c(-c3[nH]nc4nc(N5CCC(NC(=O)OC(C)(C)C)(c6ccccc6)CC5)nc(C#N)c34)ccc2n1. The number of aryl methyl sites for hydroxylation is 1. The van der Waals surface area contributed by atoms with Crippen molar-refractivity contribution >= 4 is 45.6 Å². The number of nitriles is 1. The maximum absolute atomic E-state index is 12.9. The number of hydrogen-bond acceptors (Lipinski definition) is 8. The topological polar surface area (TPSA) is 138 Å². The van der Waals surface area contributed by atoms with Crippen LogP contribution in [0.2, 0.25) is 5.02 Å². The highest BCUT2D eigenvalue weighted by atomic mass is 35.5. The second kappa shape index (κ2) is 10.3. The van der Waals surface area contributed by atoms with Gasteiger partial charge in [-0.25, -0.2) is 9.78 Å². The quantitative estimate of drug-likeness (QED) is 0.285. The molecule has 0 bridgehead atoms. The fourth-order valence-corrected chi connectivity index (χ4v) is 5.84. The van der Waals surface area contributed by atoms with Crippen molar-refractivity contribution in [2.45, 2.75) is 44.8 Å². The first-order valence-corrected chi connectivity index (χ1v) is 14.0. The third-order valence-corrected chi connectivity index (χ3v) is 7.89. The molecule has 1 aliphatic rings. The van der Waals surface area contributed by atoms with Crippen LogP contribution in [0.3, 0.4) is 0 Å². The first-order valence-electron chi connectivity index (χ1n) is 13.7. The highest BCUT2D eigenvalue weighted by Crippen LogP contribution is 2.38. The van der Waals surface area contributed by atoms with Gasteiger partial charge in [0.15, 0.2) is 11.3 Å². The van der Waals surface area contributed by atoms with Crippen molar-refractivity contribution in [3.8, 4) is 17.3 Å². The third-order valence-electron chi connectivity index (χ3n) is 7.48. The van der Waals surface area contributed by atoms with Gasteiger partial charge >= 0.3 is 6.09 Å². The van der Waals surface area contributed by atoms with E-state index in [0.717, 1.165) is 16.5 Å². The van der Waals surface area contributed by atoms with Gasteiger partial charge in [0.1, 0.15) is 11.7 Å². The zero-order chi connectivity index (χ0) is 29.6. The average molecular weight is 584 g/mol. The van der Waals surface area contributed by atoms with Crippen molar-refractivity contribution in [1.29, 1.82) is 5.26 Å². The summed E-state index contributed by atoms with van der Waals surface area (Å²) in [6.07, 6.45) is 2.57. The molecule has 2 aromatic carbocycles. The lowest BCUT2D eigenvalue weighted by atomic mass is 9.81. The number of carbonyl (C=O) groups is 1. The van der Waals surface area contributed by atoms with Crippen LogP contribution < -0.4 is 10.2 Å². The molecule has 2 N–H and O–H groups in total. The number of amides is 1. The summed E-state index contributed by atoms with van der Waals surface area (Å²) in [5, 5.41) is 26.9.